The van der Waals surface area contributed by atoms with E-state index in [1.165, 1.54) is 35.2 Å². The molecule has 2 aromatic heterocycles. The zero-order valence-electron chi connectivity index (χ0n) is 15.6. The minimum Gasteiger partial charge on any atom is -0.323 e. The van der Waals surface area contributed by atoms with Crippen LogP contribution in [0, 0.1) is 26.6 Å². The molecule has 1 amide bonds. The first-order valence-corrected chi connectivity index (χ1v) is 10.3. The highest BCUT2D eigenvalue weighted by Gasteiger charge is 2.17. The van der Waals surface area contributed by atoms with Gasteiger partial charge in [-0.1, -0.05) is 17.8 Å². The molecule has 1 N–H and O–H groups in total. The van der Waals surface area contributed by atoms with Crippen LogP contribution in [0.5, 0.6) is 0 Å². The molecule has 0 atom stereocenters. The van der Waals surface area contributed by atoms with Crippen molar-refractivity contribution in [3.63, 3.8) is 0 Å². The van der Waals surface area contributed by atoms with E-state index in [1.807, 2.05) is 20.8 Å². The quantitative estimate of drug-likeness (QED) is 0.508. The van der Waals surface area contributed by atoms with Crippen LogP contribution < -0.4 is 10.9 Å². The fourth-order valence-corrected chi connectivity index (χ4v) is 4.67. The van der Waals surface area contributed by atoms with E-state index in [9.17, 15) is 14.0 Å². The van der Waals surface area contributed by atoms with Gasteiger partial charge in [-0.3, -0.25) is 14.2 Å². The molecule has 5 nitrogen and oxygen atoms in total. The van der Waals surface area contributed by atoms with Crippen molar-refractivity contribution in [2.45, 2.75) is 39.4 Å². The highest BCUT2D eigenvalue weighted by Crippen LogP contribution is 2.28. The Morgan fingerprint density at radius 1 is 1.33 bits per heavy atom. The molecule has 2 heterocycles. The number of amides is 1. The average molecular weight is 406 g/mol. The number of anilines is 1. The standard InChI is InChI=1S/C19H20FN3O2S2/c1-5-23-18(25)16-11(3)12(4)27-17(16)22-19(23)26-9-15(24)21-14-7-6-10(2)8-13(14)20/h6-8H,5,9H2,1-4H3,(H,21,24). The number of aryl methyl sites for hydroxylation is 3. The van der Waals surface area contributed by atoms with E-state index in [0.29, 0.717) is 21.9 Å². The lowest BCUT2D eigenvalue weighted by Gasteiger charge is -2.10. The number of halogens is 1. The van der Waals surface area contributed by atoms with E-state index in [4.69, 9.17) is 0 Å². The molecule has 0 spiro atoms. The van der Waals surface area contributed by atoms with Crippen LogP contribution >= 0.6 is 23.1 Å². The van der Waals surface area contributed by atoms with Crippen LogP contribution in [0.25, 0.3) is 10.2 Å². The molecule has 0 saturated carbocycles. The third-order valence-electron chi connectivity index (χ3n) is 4.30. The van der Waals surface area contributed by atoms with Crippen molar-refractivity contribution in [2.24, 2.45) is 0 Å². The molecule has 0 bridgehead atoms. The Morgan fingerprint density at radius 3 is 2.74 bits per heavy atom. The lowest BCUT2D eigenvalue weighted by Crippen LogP contribution is -2.23. The molecule has 142 valence electrons. The number of nitrogens with one attached hydrogen (secondary N) is 1. The molecular formula is C19H20FN3O2S2. The number of aromatic nitrogens is 2. The van der Waals surface area contributed by atoms with Crippen molar-refractivity contribution in [3.8, 4) is 0 Å². The molecule has 27 heavy (non-hydrogen) atoms. The van der Waals surface area contributed by atoms with Crippen LogP contribution in [0.4, 0.5) is 10.1 Å². The van der Waals surface area contributed by atoms with Gasteiger partial charge in [-0.05, 0) is 51.0 Å². The monoisotopic (exact) mass is 405 g/mol. The van der Waals surface area contributed by atoms with Crippen molar-refractivity contribution in [1.29, 1.82) is 0 Å². The second kappa shape index (κ2) is 7.82. The smallest absolute Gasteiger partial charge is 0.263 e. The van der Waals surface area contributed by atoms with Gasteiger partial charge in [-0.25, -0.2) is 9.37 Å². The SMILES string of the molecule is CCn1c(SCC(=O)Nc2ccc(C)cc2F)nc2sc(C)c(C)c2c1=O. The summed E-state index contributed by atoms with van der Waals surface area (Å²) in [6, 6.07) is 4.64. The second-order valence-electron chi connectivity index (χ2n) is 6.23. The summed E-state index contributed by atoms with van der Waals surface area (Å²) < 4.78 is 15.5. The van der Waals surface area contributed by atoms with E-state index in [-0.39, 0.29) is 22.9 Å². The zero-order chi connectivity index (χ0) is 19.7. The third kappa shape index (κ3) is 3.91. The Bertz CT molecular complexity index is 1090. The molecule has 0 aliphatic rings. The summed E-state index contributed by atoms with van der Waals surface area (Å²) in [5, 5.41) is 3.71. The number of thioether (sulfide) groups is 1. The van der Waals surface area contributed by atoms with Gasteiger partial charge in [0.1, 0.15) is 10.6 Å². The molecular weight excluding hydrogens is 385 g/mol. The number of hydrogen-bond acceptors (Lipinski definition) is 5. The largest absolute Gasteiger partial charge is 0.323 e. The Balaban J connectivity index is 1.82. The van der Waals surface area contributed by atoms with Crippen LogP contribution in [-0.2, 0) is 11.3 Å². The molecule has 0 saturated heterocycles. The molecule has 0 aliphatic carbocycles. The van der Waals surface area contributed by atoms with Crippen molar-refractivity contribution >= 4 is 44.9 Å². The van der Waals surface area contributed by atoms with E-state index in [0.717, 1.165) is 16.0 Å². The van der Waals surface area contributed by atoms with Gasteiger partial charge in [-0.15, -0.1) is 11.3 Å². The molecule has 1 aromatic carbocycles. The maximum absolute atomic E-state index is 13.9. The Kier molecular flexibility index (Phi) is 5.67. The van der Waals surface area contributed by atoms with Crippen LogP contribution in [0.3, 0.4) is 0 Å². The van der Waals surface area contributed by atoms with Gasteiger partial charge in [0, 0.05) is 11.4 Å². The van der Waals surface area contributed by atoms with E-state index in [2.05, 4.69) is 10.3 Å². The van der Waals surface area contributed by atoms with Crippen LogP contribution in [-0.4, -0.2) is 21.2 Å². The molecule has 0 aliphatic heterocycles. The number of fused-ring (bicyclic) bond motifs is 1. The third-order valence-corrected chi connectivity index (χ3v) is 6.38. The topological polar surface area (TPSA) is 64.0 Å². The lowest BCUT2D eigenvalue weighted by atomic mass is 10.2. The van der Waals surface area contributed by atoms with Gasteiger partial charge in [0.2, 0.25) is 5.91 Å². The average Bonchev–Trinajstić information content (AvgIpc) is 2.90. The number of nitrogens with zero attached hydrogens (tertiary/aromatic N) is 2. The number of benzene rings is 1. The predicted molar refractivity (Wildman–Crippen MR) is 110 cm³/mol. The molecule has 0 radical (unpaired) electrons. The minimum atomic E-state index is -0.470. The maximum Gasteiger partial charge on any atom is 0.263 e. The first-order chi connectivity index (χ1) is 12.8. The van der Waals surface area contributed by atoms with Crippen LogP contribution in [0.1, 0.15) is 22.9 Å². The lowest BCUT2D eigenvalue weighted by molar-refractivity contribution is -0.113. The molecule has 3 rings (SSSR count). The Hall–Kier alpha value is -2.19. The molecule has 0 unspecified atom stereocenters. The van der Waals surface area contributed by atoms with Gasteiger partial charge in [-0.2, -0.15) is 0 Å². The summed E-state index contributed by atoms with van der Waals surface area (Å²) in [4.78, 5) is 31.3. The maximum atomic E-state index is 13.9. The summed E-state index contributed by atoms with van der Waals surface area (Å²) in [6.45, 7) is 8.01. The van der Waals surface area contributed by atoms with E-state index in [1.54, 1.807) is 17.6 Å². The minimum absolute atomic E-state index is 0.0363. The second-order valence-corrected chi connectivity index (χ2v) is 8.37. The Labute approximate surface area is 164 Å². The number of rotatable bonds is 5. The van der Waals surface area contributed by atoms with Gasteiger partial charge >= 0.3 is 0 Å². The first-order valence-electron chi connectivity index (χ1n) is 8.51. The molecule has 8 heteroatoms. The number of carbonyl (C=O) groups is 1. The van der Waals surface area contributed by atoms with Crippen molar-refractivity contribution < 1.29 is 9.18 Å². The number of thiophene rings is 1. The van der Waals surface area contributed by atoms with E-state index < -0.39 is 5.82 Å². The van der Waals surface area contributed by atoms with E-state index >= 15 is 0 Å². The highest BCUT2D eigenvalue weighted by atomic mass is 32.2. The first kappa shape index (κ1) is 19.6. The van der Waals surface area contributed by atoms with Crippen molar-refractivity contribution in [1.82, 2.24) is 9.55 Å². The number of hydrogen-bond donors (Lipinski definition) is 1. The predicted octanol–water partition coefficient (Wildman–Crippen LogP) is 4.27. The summed E-state index contributed by atoms with van der Waals surface area (Å²) in [6.07, 6.45) is 0. The van der Waals surface area contributed by atoms with Gasteiger partial charge in [0.15, 0.2) is 5.16 Å². The highest BCUT2D eigenvalue weighted by molar-refractivity contribution is 7.99. The van der Waals surface area contributed by atoms with Crippen molar-refractivity contribution in [3.05, 3.63) is 50.4 Å². The fraction of sp³-hybridized carbons (Fsp3) is 0.316. The summed E-state index contributed by atoms with van der Waals surface area (Å²) in [5.41, 5.74) is 1.80. The Morgan fingerprint density at radius 2 is 2.07 bits per heavy atom. The van der Waals surface area contributed by atoms with Crippen LogP contribution in [0.2, 0.25) is 0 Å². The molecule has 3 aromatic rings. The normalized spacial score (nSPS) is 11.1. The zero-order valence-corrected chi connectivity index (χ0v) is 17.2. The fourth-order valence-electron chi connectivity index (χ4n) is 2.74. The van der Waals surface area contributed by atoms with Gasteiger partial charge in [0.25, 0.3) is 5.56 Å². The van der Waals surface area contributed by atoms with Crippen LogP contribution in [0.15, 0.2) is 28.2 Å². The van der Waals surface area contributed by atoms with Crippen molar-refractivity contribution in [2.75, 3.05) is 11.1 Å². The molecule has 0 fully saturated rings. The summed E-state index contributed by atoms with van der Waals surface area (Å²) in [5.74, 6) is -0.782. The van der Waals surface area contributed by atoms with Gasteiger partial charge in [0.05, 0.1) is 16.8 Å². The van der Waals surface area contributed by atoms with Gasteiger partial charge < -0.3 is 5.32 Å². The summed E-state index contributed by atoms with van der Waals surface area (Å²) in [7, 11) is 0. The number of carbonyl (C=O) groups excluding carboxylic acids is 1. The summed E-state index contributed by atoms with van der Waals surface area (Å²) >= 11 is 2.65.